The van der Waals surface area contributed by atoms with Gasteiger partial charge in [0.1, 0.15) is 0 Å². The van der Waals surface area contributed by atoms with Crippen LogP contribution in [0.15, 0.2) is 21.6 Å². The van der Waals surface area contributed by atoms with Crippen LogP contribution in [-0.4, -0.2) is 43.9 Å². The highest BCUT2D eigenvalue weighted by molar-refractivity contribution is 7.89. The average Bonchev–Trinajstić information content (AvgIpc) is 3.13. The highest BCUT2D eigenvalue weighted by Gasteiger charge is 2.42. The second-order valence-electron chi connectivity index (χ2n) is 7.16. The summed E-state index contributed by atoms with van der Waals surface area (Å²) in [7, 11) is -3.80. The quantitative estimate of drug-likeness (QED) is 0.829. The number of rotatable bonds is 4. The van der Waals surface area contributed by atoms with Gasteiger partial charge in [0, 0.05) is 19.1 Å². The first-order valence-electron chi connectivity index (χ1n) is 9.15. The Labute approximate surface area is 156 Å². The lowest BCUT2D eigenvalue weighted by atomic mass is 9.85. The molecule has 3 rings (SSSR count). The van der Waals surface area contributed by atoms with Gasteiger partial charge in [-0.15, -0.1) is 0 Å². The SMILES string of the molecule is O=C(NC1CCCC(C(F)(F)F)C1)c1ccc(S(=O)(=O)N2CCCCC2)o1. The van der Waals surface area contributed by atoms with Crippen molar-refractivity contribution in [2.24, 2.45) is 5.92 Å². The lowest BCUT2D eigenvalue weighted by molar-refractivity contribution is -0.183. The molecule has 6 nitrogen and oxygen atoms in total. The zero-order valence-electron chi connectivity index (χ0n) is 14.8. The number of nitrogens with zero attached hydrogens (tertiary/aromatic N) is 1. The molecule has 27 heavy (non-hydrogen) atoms. The summed E-state index contributed by atoms with van der Waals surface area (Å²) in [5.41, 5.74) is 0. The summed E-state index contributed by atoms with van der Waals surface area (Å²) < 4.78 is 70.3. The summed E-state index contributed by atoms with van der Waals surface area (Å²) in [5, 5.41) is 2.23. The summed E-state index contributed by atoms with van der Waals surface area (Å²) >= 11 is 0. The van der Waals surface area contributed by atoms with Gasteiger partial charge in [0.05, 0.1) is 5.92 Å². The van der Waals surface area contributed by atoms with E-state index in [0.717, 1.165) is 19.3 Å². The maximum Gasteiger partial charge on any atom is 0.391 e. The van der Waals surface area contributed by atoms with Crippen molar-refractivity contribution >= 4 is 15.9 Å². The molecule has 0 aromatic carbocycles. The van der Waals surface area contributed by atoms with Crippen molar-refractivity contribution in [1.29, 1.82) is 0 Å². The monoisotopic (exact) mass is 408 g/mol. The third-order valence-corrected chi connectivity index (χ3v) is 6.96. The molecule has 2 fully saturated rings. The lowest BCUT2D eigenvalue weighted by Crippen LogP contribution is -2.41. The minimum absolute atomic E-state index is 0.0643. The van der Waals surface area contributed by atoms with Gasteiger partial charge in [-0.2, -0.15) is 17.5 Å². The number of hydrogen-bond acceptors (Lipinski definition) is 4. The second kappa shape index (κ2) is 7.83. The third kappa shape index (κ3) is 4.66. The largest absolute Gasteiger partial charge is 0.438 e. The summed E-state index contributed by atoms with van der Waals surface area (Å²) in [6, 6.07) is 1.86. The average molecular weight is 408 g/mol. The molecule has 2 aliphatic rings. The smallest absolute Gasteiger partial charge is 0.391 e. The van der Waals surface area contributed by atoms with Gasteiger partial charge in [0.25, 0.3) is 15.9 Å². The molecular formula is C17H23F3N2O4S. The minimum Gasteiger partial charge on any atom is -0.438 e. The Hall–Kier alpha value is -1.55. The number of furan rings is 1. The Balaban J connectivity index is 1.65. The van der Waals surface area contributed by atoms with Crippen LogP contribution < -0.4 is 5.32 Å². The van der Waals surface area contributed by atoms with Crippen LogP contribution in [0.3, 0.4) is 0 Å². The highest BCUT2D eigenvalue weighted by atomic mass is 32.2. The number of alkyl halides is 3. The Morgan fingerprint density at radius 2 is 1.81 bits per heavy atom. The van der Waals surface area contributed by atoms with Gasteiger partial charge in [-0.05, 0) is 44.2 Å². The number of hydrogen-bond donors (Lipinski definition) is 1. The molecule has 0 radical (unpaired) electrons. The van der Waals surface area contributed by atoms with E-state index in [1.165, 1.54) is 16.4 Å². The molecule has 1 aromatic rings. The van der Waals surface area contributed by atoms with Gasteiger partial charge >= 0.3 is 6.18 Å². The van der Waals surface area contributed by atoms with Crippen molar-refractivity contribution in [1.82, 2.24) is 9.62 Å². The molecule has 1 amide bonds. The molecule has 2 unspecified atom stereocenters. The Kier molecular flexibility index (Phi) is 5.85. The predicted octanol–water partition coefficient (Wildman–Crippen LogP) is 3.31. The fraction of sp³-hybridized carbons (Fsp3) is 0.706. The molecular weight excluding hydrogens is 385 g/mol. The fourth-order valence-electron chi connectivity index (χ4n) is 3.69. The first kappa shape index (κ1) is 20.2. The van der Waals surface area contributed by atoms with Gasteiger partial charge in [0.2, 0.25) is 5.09 Å². The fourth-order valence-corrected chi connectivity index (χ4v) is 5.12. The molecule has 0 bridgehead atoms. The predicted molar refractivity (Wildman–Crippen MR) is 90.6 cm³/mol. The van der Waals surface area contributed by atoms with Gasteiger partial charge < -0.3 is 9.73 Å². The first-order chi connectivity index (χ1) is 12.7. The molecule has 1 aliphatic heterocycles. The van der Waals surface area contributed by atoms with Crippen molar-refractivity contribution in [2.75, 3.05) is 13.1 Å². The molecule has 2 atom stereocenters. The van der Waals surface area contributed by atoms with E-state index < -0.39 is 34.1 Å². The van der Waals surface area contributed by atoms with Gasteiger partial charge in [-0.1, -0.05) is 12.8 Å². The van der Waals surface area contributed by atoms with Crippen LogP contribution in [0, 0.1) is 5.92 Å². The number of piperidine rings is 1. The molecule has 1 N–H and O–H groups in total. The minimum atomic E-state index is -4.27. The van der Waals surface area contributed by atoms with Crippen molar-refractivity contribution in [3.8, 4) is 0 Å². The van der Waals surface area contributed by atoms with Gasteiger partial charge in [0.15, 0.2) is 5.76 Å². The molecule has 152 valence electrons. The van der Waals surface area contributed by atoms with Crippen molar-refractivity contribution < 1.29 is 30.8 Å². The Bertz CT molecular complexity index is 769. The van der Waals surface area contributed by atoms with Crippen LogP contribution in [0.4, 0.5) is 13.2 Å². The number of sulfonamides is 1. The number of amides is 1. The molecule has 1 saturated heterocycles. The van der Waals surface area contributed by atoms with E-state index in [1.807, 2.05) is 0 Å². The molecule has 0 spiro atoms. The van der Waals surface area contributed by atoms with Crippen LogP contribution in [0.5, 0.6) is 0 Å². The van der Waals surface area contributed by atoms with E-state index in [9.17, 15) is 26.4 Å². The summed E-state index contributed by atoms with van der Waals surface area (Å²) in [6.45, 7) is 0.816. The molecule has 2 heterocycles. The van der Waals surface area contributed by atoms with Crippen LogP contribution in [0.1, 0.15) is 55.5 Å². The molecule has 1 aliphatic carbocycles. The highest BCUT2D eigenvalue weighted by Crippen LogP contribution is 2.37. The van der Waals surface area contributed by atoms with E-state index in [1.54, 1.807) is 0 Å². The topological polar surface area (TPSA) is 79.6 Å². The standard InChI is InChI=1S/C17H23F3N2O4S/c18-17(19,20)12-5-4-6-13(11-12)21-16(23)14-7-8-15(26-14)27(24,25)22-9-2-1-3-10-22/h7-8,12-13H,1-6,9-11H2,(H,21,23). The van der Waals surface area contributed by atoms with E-state index >= 15 is 0 Å². The number of nitrogens with one attached hydrogen (secondary N) is 1. The molecule has 10 heteroatoms. The zero-order valence-corrected chi connectivity index (χ0v) is 15.6. The summed E-state index contributed by atoms with van der Waals surface area (Å²) in [5.74, 6) is -2.33. The molecule has 1 saturated carbocycles. The van der Waals surface area contributed by atoms with Crippen molar-refractivity contribution in [2.45, 2.75) is 62.3 Å². The summed E-state index contributed by atoms with van der Waals surface area (Å²) in [4.78, 5) is 12.3. The normalized spacial score (nSPS) is 25.3. The maximum absolute atomic E-state index is 12.9. The van der Waals surface area contributed by atoms with Crippen LogP contribution in [-0.2, 0) is 10.0 Å². The first-order valence-corrected chi connectivity index (χ1v) is 10.6. The number of halogens is 3. The number of carbonyl (C=O) groups is 1. The maximum atomic E-state index is 12.9. The summed E-state index contributed by atoms with van der Waals surface area (Å²) in [6.07, 6.45) is -1.03. The van der Waals surface area contributed by atoms with Crippen LogP contribution in [0.2, 0.25) is 0 Å². The Morgan fingerprint density at radius 1 is 1.11 bits per heavy atom. The van der Waals surface area contributed by atoms with Crippen LogP contribution >= 0.6 is 0 Å². The van der Waals surface area contributed by atoms with E-state index in [-0.39, 0.29) is 23.7 Å². The Morgan fingerprint density at radius 3 is 2.48 bits per heavy atom. The van der Waals surface area contributed by atoms with E-state index in [2.05, 4.69) is 5.32 Å². The van der Waals surface area contributed by atoms with E-state index in [4.69, 9.17) is 4.42 Å². The van der Waals surface area contributed by atoms with E-state index in [0.29, 0.717) is 25.9 Å². The zero-order chi connectivity index (χ0) is 19.7. The lowest BCUT2D eigenvalue weighted by Gasteiger charge is -2.30. The van der Waals surface area contributed by atoms with Gasteiger partial charge in [-0.3, -0.25) is 4.79 Å². The molecule has 1 aromatic heterocycles. The second-order valence-corrected chi connectivity index (χ2v) is 9.03. The number of carbonyl (C=O) groups excluding carboxylic acids is 1. The van der Waals surface area contributed by atoms with Crippen LogP contribution in [0.25, 0.3) is 0 Å². The van der Waals surface area contributed by atoms with Crippen molar-refractivity contribution in [3.63, 3.8) is 0 Å². The van der Waals surface area contributed by atoms with Crippen molar-refractivity contribution in [3.05, 3.63) is 17.9 Å². The third-order valence-electron chi connectivity index (χ3n) is 5.19. The van der Waals surface area contributed by atoms with Gasteiger partial charge in [-0.25, -0.2) is 8.42 Å².